The van der Waals surface area contributed by atoms with Crippen molar-refractivity contribution in [3.8, 4) is 5.75 Å². The summed E-state index contributed by atoms with van der Waals surface area (Å²) in [7, 11) is 0. The Bertz CT molecular complexity index is 1030. The number of hydrogen-bond acceptors (Lipinski definition) is 4. The average Bonchev–Trinajstić information content (AvgIpc) is 2.69. The molecule has 1 aromatic heterocycles. The van der Waals surface area contributed by atoms with E-state index in [2.05, 4.69) is 31.4 Å². The summed E-state index contributed by atoms with van der Waals surface area (Å²) in [5.74, 6) is -0.211. The molecule has 0 saturated heterocycles. The van der Waals surface area contributed by atoms with Gasteiger partial charge < -0.3 is 4.74 Å². The molecule has 0 spiro atoms. The van der Waals surface area contributed by atoms with Gasteiger partial charge >= 0.3 is 0 Å². The quantitative estimate of drug-likeness (QED) is 0.319. The van der Waals surface area contributed by atoms with Gasteiger partial charge in [0.15, 0.2) is 0 Å². The highest BCUT2D eigenvalue weighted by atomic mass is 79.9. The first-order chi connectivity index (χ1) is 13.5. The number of nitrogens with one attached hydrogen (secondary N) is 1. The van der Waals surface area contributed by atoms with Gasteiger partial charge in [-0.1, -0.05) is 29.8 Å². The summed E-state index contributed by atoms with van der Waals surface area (Å²) in [6.07, 6.45) is 2.98. The lowest BCUT2D eigenvalue weighted by molar-refractivity contribution is 0.0955. The Labute approximate surface area is 174 Å². The molecule has 142 valence electrons. The summed E-state index contributed by atoms with van der Waals surface area (Å²) in [6, 6.07) is 14.9. The standard InChI is InChI=1S/C20H14BrClFN3O2/c21-16-10-13(11-25-26-20(27)15-5-3-9-24-19(15)22)7-8-18(16)28-12-14-4-1-2-6-17(14)23/h1-11H,12H2,(H,26,27). The molecule has 0 fully saturated rings. The number of aromatic nitrogens is 1. The number of hydrogen-bond donors (Lipinski definition) is 1. The molecule has 0 aliphatic carbocycles. The monoisotopic (exact) mass is 461 g/mol. The normalized spacial score (nSPS) is 10.8. The Balaban J connectivity index is 1.61. The van der Waals surface area contributed by atoms with Crippen molar-refractivity contribution in [1.82, 2.24) is 10.4 Å². The van der Waals surface area contributed by atoms with Gasteiger partial charge in [0.2, 0.25) is 0 Å². The van der Waals surface area contributed by atoms with E-state index in [-0.39, 0.29) is 23.1 Å². The van der Waals surface area contributed by atoms with Gasteiger partial charge in [0.05, 0.1) is 16.3 Å². The third kappa shape index (κ3) is 5.15. The van der Waals surface area contributed by atoms with Gasteiger partial charge in [-0.05, 0) is 57.9 Å². The van der Waals surface area contributed by atoms with Gasteiger partial charge in [-0.2, -0.15) is 5.10 Å². The van der Waals surface area contributed by atoms with E-state index in [0.717, 1.165) is 5.56 Å². The highest BCUT2D eigenvalue weighted by Crippen LogP contribution is 2.26. The number of halogens is 3. The number of benzene rings is 2. The largest absolute Gasteiger partial charge is 0.488 e. The third-order valence-corrected chi connectivity index (χ3v) is 4.60. The molecule has 0 aliphatic heterocycles. The summed E-state index contributed by atoms with van der Waals surface area (Å²) in [6.45, 7) is 0.112. The minimum atomic E-state index is -0.460. The van der Waals surface area contributed by atoms with Crippen molar-refractivity contribution in [2.75, 3.05) is 0 Å². The van der Waals surface area contributed by atoms with Crippen LogP contribution in [0.15, 0.2) is 70.4 Å². The second-order valence-electron chi connectivity index (χ2n) is 5.61. The predicted molar refractivity (Wildman–Crippen MR) is 109 cm³/mol. The van der Waals surface area contributed by atoms with Gasteiger partial charge in [0.25, 0.3) is 5.91 Å². The Morgan fingerprint density at radius 3 is 2.82 bits per heavy atom. The molecule has 0 radical (unpaired) electrons. The van der Waals surface area contributed by atoms with Crippen LogP contribution in [0.1, 0.15) is 21.5 Å². The lowest BCUT2D eigenvalue weighted by Gasteiger charge is -2.09. The van der Waals surface area contributed by atoms with Crippen LogP contribution in [0.25, 0.3) is 0 Å². The molecular formula is C20H14BrClFN3O2. The van der Waals surface area contributed by atoms with E-state index >= 15 is 0 Å². The van der Waals surface area contributed by atoms with Crippen LogP contribution in [0.5, 0.6) is 5.75 Å². The molecule has 2 aromatic carbocycles. The van der Waals surface area contributed by atoms with E-state index in [9.17, 15) is 9.18 Å². The molecule has 3 aromatic rings. The molecule has 8 heteroatoms. The van der Waals surface area contributed by atoms with Gasteiger partial charge in [-0.3, -0.25) is 4.79 Å². The molecule has 5 nitrogen and oxygen atoms in total. The Morgan fingerprint density at radius 2 is 2.07 bits per heavy atom. The zero-order valence-corrected chi connectivity index (χ0v) is 16.7. The SMILES string of the molecule is O=C(NN=Cc1ccc(OCc2ccccc2F)c(Br)c1)c1cccnc1Cl. The fourth-order valence-electron chi connectivity index (χ4n) is 2.27. The molecule has 0 bridgehead atoms. The van der Waals surface area contributed by atoms with Crippen LogP contribution in [0.4, 0.5) is 4.39 Å². The maximum atomic E-state index is 13.7. The van der Waals surface area contributed by atoms with E-state index in [1.807, 2.05) is 0 Å². The minimum absolute atomic E-state index is 0.106. The number of nitrogens with zero attached hydrogens (tertiary/aromatic N) is 2. The summed E-state index contributed by atoms with van der Waals surface area (Å²) in [4.78, 5) is 15.9. The zero-order chi connectivity index (χ0) is 19.9. The lowest BCUT2D eigenvalue weighted by Crippen LogP contribution is -2.18. The van der Waals surface area contributed by atoms with Crippen molar-refractivity contribution in [1.29, 1.82) is 0 Å². The number of amides is 1. The average molecular weight is 463 g/mol. The maximum Gasteiger partial charge on any atom is 0.274 e. The van der Waals surface area contributed by atoms with E-state index in [0.29, 0.717) is 15.8 Å². The van der Waals surface area contributed by atoms with Crippen LogP contribution >= 0.6 is 27.5 Å². The summed E-state index contributed by atoms with van der Waals surface area (Å²) < 4.78 is 20.0. The smallest absolute Gasteiger partial charge is 0.274 e. The van der Waals surface area contributed by atoms with Crippen molar-refractivity contribution in [2.24, 2.45) is 5.10 Å². The molecular weight excluding hydrogens is 449 g/mol. The summed E-state index contributed by atoms with van der Waals surface area (Å²) in [5, 5.41) is 4.02. The van der Waals surface area contributed by atoms with Crippen LogP contribution in [0.2, 0.25) is 5.15 Å². The minimum Gasteiger partial charge on any atom is -0.488 e. The van der Waals surface area contributed by atoms with Crippen molar-refractivity contribution in [3.05, 3.63) is 92.9 Å². The topological polar surface area (TPSA) is 63.6 Å². The van der Waals surface area contributed by atoms with Crippen molar-refractivity contribution in [2.45, 2.75) is 6.61 Å². The first-order valence-electron chi connectivity index (χ1n) is 8.14. The van der Waals surface area contributed by atoms with Crippen LogP contribution < -0.4 is 10.2 Å². The lowest BCUT2D eigenvalue weighted by atomic mass is 10.2. The second-order valence-corrected chi connectivity index (χ2v) is 6.82. The molecule has 1 amide bonds. The number of carbonyl (C=O) groups is 1. The van der Waals surface area contributed by atoms with Crippen molar-refractivity contribution >= 4 is 39.7 Å². The zero-order valence-electron chi connectivity index (χ0n) is 14.4. The van der Waals surface area contributed by atoms with E-state index in [4.69, 9.17) is 16.3 Å². The molecule has 3 rings (SSSR count). The number of ether oxygens (including phenoxy) is 1. The van der Waals surface area contributed by atoms with E-state index in [1.165, 1.54) is 18.5 Å². The third-order valence-electron chi connectivity index (χ3n) is 3.68. The number of pyridine rings is 1. The van der Waals surface area contributed by atoms with Crippen LogP contribution in [-0.2, 0) is 6.61 Å². The highest BCUT2D eigenvalue weighted by Gasteiger charge is 2.09. The molecule has 0 unspecified atom stereocenters. The van der Waals surface area contributed by atoms with Gasteiger partial charge in [-0.15, -0.1) is 0 Å². The Morgan fingerprint density at radius 1 is 1.25 bits per heavy atom. The first-order valence-corrected chi connectivity index (χ1v) is 9.31. The van der Waals surface area contributed by atoms with E-state index < -0.39 is 5.91 Å². The van der Waals surface area contributed by atoms with E-state index in [1.54, 1.807) is 48.5 Å². The molecule has 1 heterocycles. The Hall–Kier alpha value is -2.77. The number of rotatable bonds is 6. The second kappa shape index (κ2) is 9.43. The van der Waals surface area contributed by atoms with Crippen LogP contribution in [0, 0.1) is 5.82 Å². The fourth-order valence-corrected chi connectivity index (χ4v) is 2.98. The van der Waals surface area contributed by atoms with Crippen LogP contribution in [-0.4, -0.2) is 17.1 Å². The first kappa shape index (κ1) is 20.0. The molecule has 28 heavy (non-hydrogen) atoms. The molecule has 0 atom stereocenters. The predicted octanol–water partition coefficient (Wildman–Crippen LogP) is 4.98. The van der Waals surface area contributed by atoms with Gasteiger partial charge in [0.1, 0.15) is 23.3 Å². The summed E-state index contributed by atoms with van der Waals surface area (Å²) >= 11 is 9.28. The Kier molecular flexibility index (Phi) is 6.73. The van der Waals surface area contributed by atoms with Gasteiger partial charge in [0, 0.05) is 11.8 Å². The highest BCUT2D eigenvalue weighted by molar-refractivity contribution is 9.10. The molecule has 0 aliphatic rings. The summed E-state index contributed by atoms with van der Waals surface area (Å²) in [5.41, 5.74) is 3.82. The van der Waals surface area contributed by atoms with Gasteiger partial charge in [-0.25, -0.2) is 14.8 Å². The van der Waals surface area contributed by atoms with Crippen LogP contribution in [0.3, 0.4) is 0 Å². The van der Waals surface area contributed by atoms with Crippen molar-refractivity contribution < 1.29 is 13.9 Å². The fraction of sp³-hybridized carbons (Fsp3) is 0.0500. The maximum absolute atomic E-state index is 13.7. The number of carbonyl (C=O) groups excluding carboxylic acids is 1. The van der Waals surface area contributed by atoms with Crippen molar-refractivity contribution in [3.63, 3.8) is 0 Å². The number of hydrazone groups is 1. The molecule has 1 N–H and O–H groups in total. The molecule has 0 saturated carbocycles.